The van der Waals surface area contributed by atoms with Crippen molar-refractivity contribution in [2.75, 3.05) is 31.7 Å². The fourth-order valence-corrected chi connectivity index (χ4v) is 2.40. The molecule has 1 aliphatic heterocycles. The number of anilines is 1. The second-order valence-corrected chi connectivity index (χ2v) is 5.47. The van der Waals surface area contributed by atoms with E-state index in [9.17, 15) is 5.11 Å². The molecule has 0 amide bonds. The lowest BCUT2D eigenvalue weighted by Crippen LogP contribution is -2.45. The lowest BCUT2D eigenvalue weighted by atomic mass is 9.94. The van der Waals surface area contributed by atoms with Crippen LogP contribution in [0.25, 0.3) is 0 Å². The fourth-order valence-electron chi connectivity index (χ4n) is 2.05. The van der Waals surface area contributed by atoms with Gasteiger partial charge >= 0.3 is 0 Å². The van der Waals surface area contributed by atoms with Gasteiger partial charge in [0, 0.05) is 50.3 Å². The maximum absolute atomic E-state index is 10.4. The lowest BCUT2D eigenvalue weighted by molar-refractivity contribution is -0.0572. The van der Waals surface area contributed by atoms with Crippen LogP contribution in [0.15, 0.2) is 22.9 Å². The Balaban J connectivity index is 2.03. The summed E-state index contributed by atoms with van der Waals surface area (Å²) < 4.78 is 6.22. The first-order valence-corrected chi connectivity index (χ1v) is 6.50. The number of hydrogen-bond donors (Lipinski definition) is 1. The van der Waals surface area contributed by atoms with Crippen molar-refractivity contribution >= 4 is 21.6 Å². The molecule has 5 heteroatoms. The lowest BCUT2D eigenvalue weighted by Gasteiger charge is -2.36. The van der Waals surface area contributed by atoms with Crippen LogP contribution in [0.5, 0.6) is 0 Å². The maximum Gasteiger partial charge on any atom is 0.0865 e. The van der Waals surface area contributed by atoms with Crippen molar-refractivity contribution in [2.24, 2.45) is 0 Å². The van der Waals surface area contributed by atoms with Crippen molar-refractivity contribution in [3.63, 3.8) is 0 Å². The maximum atomic E-state index is 10.4. The molecule has 17 heavy (non-hydrogen) atoms. The molecule has 1 aromatic heterocycles. The van der Waals surface area contributed by atoms with E-state index in [1.807, 2.05) is 18.0 Å². The third kappa shape index (κ3) is 3.40. The molecule has 0 saturated carbocycles. The molecule has 0 aliphatic carbocycles. The number of aliphatic hydroxyl groups is 1. The Morgan fingerprint density at radius 3 is 2.82 bits per heavy atom. The average Bonchev–Trinajstić information content (AvgIpc) is 2.29. The zero-order chi connectivity index (χ0) is 12.3. The van der Waals surface area contributed by atoms with Crippen LogP contribution in [0, 0.1) is 0 Å². The number of aromatic nitrogens is 1. The van der Waals surface area contributed by atoms with E-state index in [-0.39, 0.29) is 0 Å². The van der Waals surface area contributed by atoms with Crippen molar-refractivity contribution in [1.29, 1.82) is 0 Å². The summed E-state index contributed by atoms with van der Waals surface area (Å²) in [5.74, 6) is 0. The molecule has 2 heterocycles. The molecule has 1 aliphatic rings. The van der Waals surface area contributed by atoms with E-state index in [1.165, 1.54) is 0 Å². The van der Waals surface area contributed by atoms with Gasteiger partial charge in [-0.3, -0.25) is 4.98 Å². The highest BCUT2D eigenvalue weighted by Gasteiger charge is 2.31. The van der Waals surface area contributed by atoms with Gasteiger partial charge in [-0.25, -0.2) is 0 Å². The normalized spacial score (nSPS) is 19.0. The van der Waals surface area contributed by atoms with Gasteiger partial charge in [-0.05, 0) is 22.0 Å². The largest absolute Gasteiger partial charge is 0.388 e. The summed E-state index contributed by atoms with van der Waals surface area (Å²) in [5, 5.41) is 10.4. The summed E-state index contributed by atoms with van der Waals surface area (Å²) in [6.45, 7) is 1.89. The Bertz CT molecular complexity index is 381. The standard InChI is InChI=1S/C12H17BrN2O2/c1-15(11-6-10(13)7-14-8-11)9-12(16)2-4-17-5-3-12/h6-8,16H,2-5,9H2,1H3. The molecule has 1 aromatic rings. The van der Waals surface area contributed by atoms with E-state index in [2.05, 4.69) is 20.9 Å². The first-order chi connectivity index (χ1) is 8.09. The smallest absolute Gasteiger partial charge is 0.0865 e. The van der Waals surface area contributed by atoms with Crippen LogP contribution in [0.3, 0.4) is 0 Å². The molecular weight excluding hydrogens is 284 g/mol. The summed E-state index contributed by atoms with van der Waals surface area (Å²) in [5.41, 5.74) is 0.356. The van der Waals surface area contributed by atoms with E-state index in [0.29, 0.717) is 32.6 Å². The minimum absolute atomic E-state index is 0.606. The van der Waals surface area contributed by atoms with Gasteiger partial charge in [0.2, 0.25) is 0 Å². The molecule has 0 unspecified atom stereocenters. The van der Waals surface area contributed by atoms with Crippen LogP contribution in [0.4, 0.5) is 5.69 Å². The Morgan fingerprint density at radius 1 is 1.47 bits per heavy atom. The van der Waals surface area contributed by atoms with E-state index in [0.717, 1.165) is 10.2 Å². The van der Waals surface area contributed by atoms with Crippen molar-refractivity contribution in [3.8, 4) is 0 Å². The minimum Gasteiger partial charge on any atom is -0.388 e. The Labute approximate surface area is 110 Å². The molecule has 0 bridgehead atoms. The van der Waals surface area contributed by atoms with E-state index < -0.39 is 5.60 Å². The molecule has 0 atom stereocenters. The highest BCUT2D eigenvalue weighted by molar-refractivity contribution is 9.10. The summed E-state index contributed by atoms with van der Waals surface area (Å²) in [6.07, 6.45) is 4.94. The van der Waals surface area contributed by atoms with Gasteiger partial charge in [0.05, 0.1) is 17.5 Å². The zero-order valence-corrected chi connectivity index (χ0v) is 11.5. The molecule has 0 radical (unpaired) electrons. The van der Waals surface area contributed by atoms with Crippen LogP contribution >= 0.6 is 15.9 Å². The molecular formula is C12H17BrN2O2. The van der Waals surface area contributed by atoms with Crippen molar-refractivity contribution in [2.45, 2.75) is 18.4 Å². The van der Waals surface area contributed by atoms with Gasteiger partial charge in [0.15, 0.2) is 0 Å². The highest BCUT2D eigenvalue weighted by atomic mass is 79.9. The molecule has 0 aromatic carbocycles. The van der Waals surface area contributed by atoms with Crippen molar-refractivity contribution in [3.05, 3.63) is 22.9 Å². The third-order valence-electron chi connectivity index (χ3n) is 3.09. The SMILES string of the molecule is CN(CC1(O)CCOCC1)c1cncc(Br)c1. The Kier molecular flexibility index (Phi) is 4.01. The average molecular weight is 301 g/mol. The third-order valence-corrected chi connectivity index (χ3v) is 3.52. The number of likely N-dealkylation sites (N-methyl/N-ethyl adjacent to an activating group) is 1. The second-order valence-electron chi connectivity index (χ2n) is 4.55. The summed E-state index contributed by atoms with van der Waals surface area (Å²) in [7, 11) is 1.97. The number of halogens is 1. The summed E-state index contributed by atoms with van der Waals surface area (Å²) in [4.78, 5) is 6.16. The quantitative estimate of drug-likeness (QED) is 0.925. The molecule has 0 spiro atoms. The van der Waals surface area contributed by atoms with E-state index in [1.54, 1.807) is 12.4 Å². The molecule has 1 fully saturated rings. The van der Waals surface area contributed by atoms with E-state index in [4.69, 9.17) is 4.74 Å². The predicted octanol–water partition coefficient (Wildman–Crippen LogP) is 1.82. The Hall–Kier alpha value is -0.650. The minimum atomic E-state index is -0.644. The Morgan fingerprint density at radius 2 is 2.18 bits per heavy atom. The number of rotatable bonds is 3. The fraction of sp³-hybridized carbons (Fsp3) is 0.583. The topological polar surface area (TPSA) is 45.6 Å². The molecule has 1 saturated heterocycles. The van der Waals surface area contributed by atoms with Gasteiger partial charge in [0.1, 0.15) is 0 Å². The van der Waals surface area contributed by atoms with Gasteiger partial charge < -0.3 is 14.7 Å². The predicted molar refractivity (Wildman–Crippen MR) is 70.2 cm³/mol. The molecule has 4 nitrogen and oxygen atoms in total. The van der Waals surface area contributed by atoms with E-state index >= 15 is 0 Å². The number of ether oxygens (including phenoxy) is 1. The first-order valence-electron chi connectivity index (χ1n) is 5.71. The van der Waals surface area contributed by atoms with Gasteiger partial charge in [0.25, 0.3) is 0 Å². The van der Waals surface area contributed by atoms with Crippen LogP contribution in [-0.2, 0) is 4.74 Å². The summed E-state index contributed by atoms with van der Waals surface area (Å²) in [6, 6.07) is 2.00. The van der Waals surface area contributed by atoms with Gasteiger partial charge in [-0.15, -0.1) is 0 Å². The van der Waals surface area contributed by atoms with Crippen molar-refractivity contribution in [1.82, 2.24) is 4.98 Å². The van der Waals surface area contributed by atoms with Gasteiger partial charge in [-0.2, -0.15) is 0 Å². The zero-order valence-electron chi connectivity index (χ0n) is 9.90. The summed E-state index contributed by atoms with van der Waals surface area (Å²) >= 11 is 3.40. The van der Waals surface area contributed by atoms with Crippen molar-refractivity contribution < 1.29 is 9.84 Å². The van der Waals surface area contributed by atoms with Crippen LogP contribution in [0.1, 0.15) is 12.8 Å². The van der Waals surface area contributed by atoms with Crippen LogP contribution in [-0.4, -0.2) is 42.5 Å². The number of nitrogens with zero attached hydrogens (tertiary/aromatic N) is 2. The van der Waals surface area contributed by atoms with Crippen LogP contribution < -0.4 is 4.90 Å². The first kappa shape index (κ1) is 12.8. The number of hydrogen-bond acceptors (Lipinski definition) is 4. The molecule has 2 rings (SSSR count). The van der Waals surface area contributed by atoms with Gasteiger partial charge in [-0.1, -0.05) is 0 Å². The highest BCUT2D eigenvalue weighted by Crippen LogP contribution is 2.24. The molecule has 1 N–H and O–H groups in total. The molecule has 94 valence electrons. The second kappa shape index (κ2) is 5.33. The monoisotopic (exact) mass is 300 g/mol. The number of pyridine rings is 1. The van der Waals surface area contributed by atoms with Crippen LogP contribution in [0.2, 0.25) is 0 Å².